The van der Waals surface area contributed by atoms with Crippen LogP contribution in [0.15, 0.2) is 36.4 Å². The van der Waals surface area contributed by atoms with Crippen molar-refractivity contribution in [3.8, 4) is 17.2 Å². The van der Waals surface area contributed by atoms with Crippen molar-refractivity contribution in [3.05, 3.63) is 81.4 Å². The van der Waals surface area contributed by atoms with Gasteiger partial charge in [0.2, 0.25) is 0 Å². The molecule has 0 saturated heterocycles. The predicted octanol–water partition coefficient (Wildman–Crippen LogP) is 4.79. The minimum atomic E-state index is -0.629. The van der Waals surface area contributed by atoms with Gasteiger partial charge in [-0.3, -0.25) is 9.59 Å². The first-order valence-corrected chi connectivity index (χ1v) is 16.0. The number of anilines is 2. The van der Waals surface area contributed by atoms with Crippen LogP contribution in [-0.2, 0) is 44.8 Å². The number of nitrogens with zero attached hydrogens (tertiary/aromatic N) is 6. The van der Waals surface area contributed by atoms with Gasteiger partial charge in [-0.05, 0) is 32.9 Å². The summed E-state index contributed by atoms with van der Waals surface area (Å²) >= 11 is 6.85. The first-order valence-electron chi connectivity index (χ1n) is 15.6. The number of ether oxygens (including phenoxy) is 1. The minimum Gasteiger partial charge on any atom is -0.444 e. The normalized spacial score (nSPS) is 14.1. The summed E-state index contributed by atoms with van der Waals surface area (Å²) in [4.78, 5) is 50.2. The third kappa shape index (κ3) is 6.24. The van der Waals surface area contributed by atoms with Crippen LogP contribution in [0.3, 0.4) is 0 Å². The van der Waals surface area contributed by atoms with Gasteiger partial charge in [-0.15, -0.1) is 0 Å². The first-order chi connectivity index (χ1) is 22.9. The van der Waals surface area contributed by atoms with Crippen LogP contribution in [0.4, 0.5) is 16.2 Å². The fourth-order valence-corrected chi connectivity index (χ4v) is 6.34. The van der Waals surface area contributed by atoms with Gasteiger partial charge in [0.15, 0.2) is 11.6 Å². The van der Waals surface area contributed by atoms with Crippen molar-refractivity contribution in [3.63, 3.8) is 0 Å². The van der Waals surface area contributed by atoms with Crippen LogP contribution in [-0.4, -0.2) is 60.6 Å². The lowest BCUT2D eigenvalue weighted by Crippen LogP contribution is -2.40. The SMILES string of the molecule is Cn1c(C(=O)Nc2cccc(-c3cccc(NC(=O)c4nc5c(n4C)CCN(C(=O)OC(C)(C)C)C5)c3C#N)c2Cl)nc2c1CCNC2. The molecule has 2 aromatic carbocycles. The molecule has 4 heterocycles. The van der Waals surface area contributed by atoms with Crippen molar-refractivity contribution in [2.75, 3.05) is 23.7 Å². The number of benzene rings is 2. The Hall–Kier alpha value is -5.19. The number of rotatable bonds is 5. The molecule has 2 aliphatic rings. The van der Waals surface area contributed by atoms with E-state index in [0.717, 1.165) is 30.0 Å². The number of carbonyl (C=O) groups excluding carboxylic acids is 3. The van der Waals surface area contributed by atoms with Crippen LogP contribution >= 0.6 is 11.6 Å². The Labute approximate surface area is 282 Å². The Morgan fingerprint density at radius 1 is 0.917 bits per heavy atom. The molecule has 0 fully saturated rings. The van der Waals surface area contributed by atoms with Crippen LogP contribution in [0.25, 0.3) is 11.1 Å². The molecule has 0 radical (unpaired) electrons. The van der Waals surface area contributed by atoms with E-state index in [1.54, 1.807) is 57.5 Å². The number of amides is 3. The zero-order chi connectivity index (χ0) is 34.3. The zero-order valence-corrected chi connectivity index (χ0v) is 28.2. The minimum absolute atomic E-state index is 0.148. The van der Waals surface area contributed by atoms with Gasteiger partial charge < -0.3 is 34.7 Å². The highest BCUT2D eigenvalue weighted by molar-refractivity contribution is 6.36. The Kier molecular flexibility index (Phi) is 8.72. The van der Waals surface area contributed by atoms with E-state index >= 15 is 0 Å². The second kappa shape index (κ2) is 12.8. The van der Waals surface area contributed by atoms with E-state index in [9.17, 15) is 19.6 Å². The molecule has 14 heteroatoms. The number of halogens is 1. The van der Waals surface area contributed by atoms with E-state index in [1.807, 2.05) is 27.8 Å². The van der Waals surface area contributed by atoms with Gasteiger partial charge in [-0.25, -0.2) is 14.8 Å². The number of hydrogen-bond acceptors (Lipinski definition) is 8. The Morgan fingerprint density at radius 2 is 1.52 bits per heavy atom. The standard InChI is InChI=1S/C34H36ClN9O4/c1-34(2,3)48-33(47)44-15-13-27-25(18-44)39-30(43(27)5)31(45)40-22-10-6-8-19(21(22)16-36)20-9-7-11-23(28(20)35)41-32(46)29-38-24-17-37-14-12-26(24)42(29)4/h6-11,37H,12-15,17-18H2,1-5H3,(H,40,45)(H,41,46). The maximum Gasteiger partial charge on any atom is 0.410 e. The summed E-state index contributed by atoms with van der Waals surface area (Å²) in [5.41, 5.74) is 4.49. The molecular weight excluding hydrogens is 634 g/mol. The third-order valence-corrected chi connectivity index (χ3v) is 8.81. The summed E-state index contributed by atoms with van der Waals surface area (Å²) in [5.74, 6) is -0.486. The molecule has 6 rings (SSSR count). The fourth-order valence-electron chi connectivity index (χ4n) is 6.07. The summed E-state index contributed by atoms with van der Waals surface area (Å²) in [6, 6.07) is 12.4. The van der Waals surface area contributed by atoms with Crippen molar-refractivity contribution in [2.24, 2.45) is 14.1 Å². The Morgan fingerprint density at radius 3 is 2.17 bits per heavy atom. The van der Waals surface area contributed by atoms with Crippen molar-refractivity contribution in [2.45, 2.75) is 52.3 Å². The monoisotopic (exact) mass is 669 g/mol. The number of fused-ring (bicyclic) bond motifs is 2. The molecule has 0 spiro atoms. The Balaban J connectivity index is 1.23. The van der Waals surface area contributed by atoms with E-state index in [4.69, 9.17) is 16.3 Å². The highest BCUT2D eigenvalue weighted by atomic mass is 35.5. The lowest BCUT2D eigenvalue weighted by molar-refractivity contribution is 0.0220. The zero-order valence-electron chi connectivity index (χ0n) is 27.4. The van der Waals surface area contributed by atoms with Gasteiger partial charge in [0, 0.05) is 69.1 Å². The second-order valence-corrected chi connectivity index (χ2v) is 13.1. The lowest BCUT2D eigenvalue weighted by atomic mass is 9.98. The van der Waals surface area contributed by atoms with E-state index < -0.39 is 23.5 Å². The van der Waals surface area contributed by atoms with Crippen LogP contribution < -0.4 is 16.0 Å². The summed E-state index contributed by atoms with van der Waals surface area (Å²) in [6.45, 7) is 7.50. The number of nitriles is 1. The molecule has 2 aromatic heterocycles. The van der Waals surface area contributed by atoms with Crippen molar-refractivity contribution in [1.29, 1.82) is 5.26 Å². The van der Waals surface area contributed by atoms with Gasteiger partial charge in [0.1, 0.15) is 11.7 Å². The molecular formula is C34H36ClN9O4. The van der Waals surface area contributed by atoms with Crippen molar-refractivity contribution < 1.29 is 19.1 Å². The van der Waals surface area contributed by atoms with Gasteiger partial charge in [0.25, 0.3) is 11.8 Å². The van der Waals surface area contributed by atoms with E-state index in [0.29, 0.717) is 42.0 Å². The third-order valence-electron chi connectivity index (χ3n) is 8.40. The molecule has 0 aliphatic carbocycles. The predicted molar refractivity (Wildman–Crippen MR) is 180 cm³/mol. The molecule has 48 heavy (non-hydrogen) atoms. The van der Waals surface area contributed by atoms with Crippen molar-refractivity contribution >= 4 is 40.9 Å². The average molecular weight is 670 g/mol. The first kappa shape index (κ1) is 32.7. The highest BCUT2D eigenvalue weighted by Crippen LogP contribution is 2.38. The van der Waals surface area contributed by atoms with Gasteiger partial charge in [-0.1, -0.05) is 35.9 Å². The molecule has 0 unspecified atom stereocenters. The van der Waals surface area contributed by atoms with Gasteiger partial charge in [0.05, 0.1) is 39.9 Å². The molecule has 0 bridgehead atoms. The number of nitrogens with one attached hydrogen (secondary N) is 3. The molecule has 13 nitrogen and oxygen atoms in total. The van der Waals surface area contributed by atoms with E-state index in [2.05, 4.69) is 32.0 Å². The number of hydrogen-bond donors (Lipinski definition) is 3. The van der Waals surface area contributed by atoms with E-state index in [-0.39, 0.29) is 34.5 Å². The number of aromatic nitrogens is 4. The molecule has 0 saturated carbocycles. The van der Waals surface area contributed by atoms with Crippen LogP contribution in [0.2, 0.25) is 5.02 Å². The highest BCUT2D eigenvalue weighted by Gasteiger charge is 2.31. The largest absolute Gasteiger partial charge is 0.444 e. The lowest BCUT2D eigenvalue weighted by Gasteiger charge is -2.29. The van der Waals surface area contributed by atoms with Crippen LogP contribution in [0, 0.1) is 11.3 Å². The maximum atomic E-state index is 13.6. The van der Waals surface area contributed by atoms with Crippen LogP contribution in [0.1, 0.15) is 70.3 Å². The summed E-state index contributed by atoms with van der Waals surface area (Å²) < 4.78 is 9.03. The maximum absolute atomic E-state index is 13.6. The second-order valence-electron chi connectivity index (χ2n) is 12.8. The molecule has 4 aromatic rings. The smallest absolute Gasteiger partial charge is 0.410 e. The molecule has 0 atom stereocenters. The summed E-state index contributed by atoms with van der Waals surface area (Å²) in [6.07, 6.45) is 0.854. The molecule has 3 N–H and O–H groups in total. The molecule has 2 aliphatic heterocycles. The quantitative estimate of drug-likeness (QED) is 0.274. The number of carbonyl (C=O) groups is 3. The topological polar surface area (TPSA) is 159 Å². The average Bonchev–Trinajstić information content (AvgIpc) is 3.57. The Bertz CT molecular complexity index is 2000. The van der Waals surface area contributed by atoms with Crippen LogP contribution in [0.5, 0.6) is 0 Å². The van der Waals surface area contributed by atoms with Gasteiger partial charge in [-0.2, -0.15) is 5.26 Å². The summed E-state index contributed by atoms with van der Waals surface area (Å²) in [5, 5.41) is 19.5. The van der Waals surface area contributed by atoms with E-state index in [1.165, 1.54) is 0 Å². The molecule has 248 valence electrons. The summed E-state index contributed by atoms with van der Waals surface area (Å²) in [7, 11) is 3.57. The van der Waals surface area contributed by atoms with Gasteiger partial charge >= 0.3 is 6.09 Å². The molecule has 3 amide bonds. The number of imidazole rings is 2. The fraction of sp³-hybridized carbons (Fsp3) is 0.353. The van der Waals surface area contributed by atoms with Crippen molar-refractivity contribution in [1.82, 2.24) is 29.3 Å².